The maximum absolute atomic E-state index is 11.6. The second-order valence-electron chi connectivity index (χ2n) is 6.87. The molecule has 0 atom stereocenters. The Morgan fingerprint density at radius 2 is 1.60 bits per heavy atom. The van der Waals surface area contributed by atoms with Gasteiger partial charge in [-0.15, -0.1) is 6.58 Å². The summed E-state index contributed by atoms with van der Waals surface area (Å²) in [7, 11) is 0. The minimum Gasteiger partial charge on any atom is -0.462 e. The molecule has 0 bridgehead atoms. The Balaban J connectivity index is 1.67. The molecule has 0 heterocycles. The maximum atomic E-state index is 11.6. The number of hydrogen-bond acceptors (Lipinski definition) is 2. The van der Waals surface area contributed by atoms with Crippen LogP contribution in [0.3, 0.4) is 0 Å². The predicted molar refractivity (Wildman–Crippen MR) is 82.4 cm³/mol. The van der Waals surface area contributed by atoms with E-state index >= 15 is 0 Å². The van der Waals surface area contributed by atoms with Crippen LogP contribution in [0.15, 0.2) is 12.7 Å². The highest BCUT2D eigenvalue weighted by Gasteiger charge is 2.30. The molecule has 0 radical (unpaired) electrons. The van der Waals surface area contributed by atoms with Crippen LogP contribution in [0, 0.1) is 17.8 Å². The molecule has 0 aromatic heterocycles. The second kappa shape index (κ2) is 7.85. The molecule has 0 spiro atoms. The fraction of sp³-hybridized carbons (Fsp3) is 0.833. The Morgan fingerprint density at radius 3 is 2.15 bits per heavy atom. The quantitative estimate of drug-likeness (QED) is 0.529. The fourth-order valence-corrected chi connectivity index (χ4v) is 3.90. The lowest BCUT2D eigenvalue weighted by Gasteiger charge is -2.37. The zero-order valence-electron chi connectivity index (χ0n) is 13.0. The number of allylic oxidation sites excluding steroid dienone is 1. The second-order valence-corrected chi connectivity index (χ2v) is 6.87. The van der Waals surface area contributed by atoms with E-state index in [0.29, 0.717) is 6.42 Å². The molecule has 114 valence electrons. The van der Waals surface area contributed by atoms with Gasteiger partial charge < -0.3 is 4.74 Å². The normalized spacial score (nSPS) is 34.5. The van der Waals surface area contributed by atoms with Crippen LogP contribution < -0.4 is 0 Å². The molecule has 0 aromatic carbocycles. The third-order valence-corrected chi connectivity index (χ3v) is 5.30. The van der Waals surface area contributed by atoms with Gasteiger partial charge in [0.15, 0.2) is 0 Å². The molecule has 0 saturated heterocycles. The van der Waals surface area contributed by atoms with Crippen molar-refractivity contribution in [3.63, 3.8) is 0 Å². The first kappa shape index (κ1) is 15.6. The van der Waals surface area contributed by atoms with Crippen LogP contribution in [0.1, 0.15) is 71.1 Å². The highest BCUT2D eigenvalue weighted by Crippen LogP contribution is 2.40. The zero-order chi connectivity index (χ0) is 14.4. The molecule has 2 aliphatic carbocycles. The molecule has 0 amide bonds. The minimum atomic E-state index is -0.0418. The Labute approximate surface area is 124 Å². The number of rotatable bonds is 5. The van der Waals surface area contributed by atoms with Gasteiger partial charge in [0, 0.05) is 6.42 Å². The molecule has 0 unspecified atom stereocenters. The first-order valence-corrected chi connectivity index (χ1v) is 8.49. The summed E-state index contributed by atoms with van der Waals surface area (Å²) in [6.07, 6.45) is 13.6. The lowest BCUT2D eigenvalue weighted by Crippen LogP contribution is -2.29. The van der Waals surface area contributed by atoms with Gasteiger partial charge in [0.2, 0.25) is 0 Å². The zero-order valence-corrected chi connectivity index (χ0v) is 13.0. The molecule has 0 aromatic rings. The van der Waals surface area contributed by atoms with E-state index in [0.717, 1.165) is 37.0 Å². The molecule has 2 nitrogen and oxygen atoms in total. The summed E-state index contributed by atoms with van der Waals surface area (Å²) < 4.78 is 5.56. The van der Waals surface area contributed by atoms with E-state index in [-0.39, 0.29) is 12.1 Å². The maximum Gasteiger partial charge on any atom is 0.306 e. The summed E-state index contributed by atoms with van der Waals surface area (Å²) in [5.41, 5.74) is 0. The van der Waals surface area contributed by atoms with Crippen molar-refractivity contribution in [2.45, 2.75) is 77.2 Å². The van der Waals surface area contributed by atoms with E-state index in [4.69, 9.17) is 4.74 Å². The molecular formula is C18H30O2. The Bertz CT molecular complexity index is 307. The molecule has 2 fully saturated rings. The SMILES string of the molecule is C=CCCC(=O)OC1CCC([C@H]2CC[C@H](C)CC2)CC1. The molecule has 0 aliphatic heterocycles. The van der Waals surface area contributed by atoms with Crippen LogP contribution in [-0.2, 0) is 9.53 Å². The Hall–Kier alpha value is -0.790. The van der Waals surface area contributed by atoms with E-state index in [1.165, 1.54) is 38.5 Å². The van der Waals surface area contributed by atoms with Crippen LogP contribution in [-0.4, -0.2) is 12.1 Å². The molecule has 2 aliphatic rings. The largest absolute Gasteiger partial charge is 0.462 e. The highest BCUT2D eigenvalue weighted by molar-refractivity contribution is 5.69. The van der Waals surface area contributed by atoms with Crippen LogP contribution in [0.4, 0.5) is 0 Å². The van der Waals surface area contributed by atoms with E-state index in [9.17, 15) is 4.79 Å². The predicted octanol–water partition coefficient (Wildman–Crippen LogP) is 4.88. The summed E-state index contributed by atoms with van der Waals surface area (Å²) in [5, 5.41) is 0. The molecule has 2 rings (SSSR count). The molecule has 20 heavy (non-hydrogen) atoms. The van der Waals surface area contributed by atoms with Crippen LogP contribution in [0.25, 0.3) is 0 Å². The fourth-order valence-electron chi connectivity index (χ4n) is 3.90. The van der Waals surface area contributed by atoms with Gasteiger partial charge in [0.1, 0.15) is 6.10 Å². The van der Waals surface area contributed by atoms with Crippen molar-refractivity contribution in [3.05, 3.63) is 12.7 Å². The van der Waals surface area contributed by atoms with Gasteiger partial charge in [0.25, 0.3) is 0 Å². The molecule has 0 N–H and O–H groups in total. The third-order valence-electron chi connectivity index (χ3n) is 5.30. The average molecular weight is 278 g/mol. The average Bonchev–Trinajstić information content (AvgIpc) is 2.47. The molecule has 2 heteroatoms. The van der Waals surface area contributed by atoms with Crippen molar-refractivity contribution in [2.75, 3.05) is 0 Å². The van der Waals surface area contributed by atoms with Crippen LogP contribution in [0.5, 0.6) is 0 Å². The smallest absolute Gasteiger partial charge is 0.306 e. The van der Waals surface area contributed by atoms with Crippen molar-refractivity contribution >= 4 is 5.97 Å². The lowest BCUT2D eigenvalue weighted by atomic mass is 9.71. The standard InChI is InChI=1S/C18H30O2/c1-3-4-5-18(19)20-17-12-10-16(11-13-17)15-8-6-14(2)7-9-15/h3,14-17H,1,4-13H2,2H3/t14-,15-,16?,17?. The Morgan fingerprint density at radius 1 is 1.05 bits per heavy atom. The summed E-state index contributed by atoms with van der Waals surface area (Å²) in [6.45, 7) is 6.02. The third kappa shape index (κ3) is 4.64. The first-order chi connectivity index (χ1) is 9.69. The number of hydrogen-bond donors (Lipinski definition) is 0. The van der Waals surface area contributed by atoms with Gasteiger partial charge in [0.05, 0.1) is 0 Å². The Kier molecular flexibility index (Phi) is 6.12. The summed E-state index contributed by atoms with van der Waals surface area (Å²) in [4.78, 5) is 11.6. The number of carbonyl (C=O) groups is 1. The number of ether oxygens (including phenoxy) is 1. The molecule has 2 saturated carbocycles. The van der Waals surface area contributed by atoms with E-state index < -0.39 is 0 Å². The summed E-state index contributed by atoms with van der Waals surface area (Å²) in [6, 6.07) is 0. The van der Waals surface area contributed by atoms with Gasteiger partial charge in [-0.05, 0) is 62.7 Å². The van der Waals surface area contributed by atoms with E-state index in [2.05, 4.69) is 13.5 Å². The number of carbonyl (C=O) groups excluding carboxylic acids is 1. The summed E-state index contributed by atoms with van der Waals surface area (Å²) >= 11 is 0. The minimum absolute atomic E-state index is 0.0418. The lowest BCUT2D eigenvalue weighted by molar-refractivity contribution is -0.151. The van der Waals surface area contributed by atoms with Gasteiger partial charge in [-0.3, -0.25) is 4.79 Å². The monoisotopic (exact) mass is 278 g/mol. The first-order valence-electron chi connectivity index (χ1n) is 8.49. The van der Waals surface area contributed by atoms with Gasteiger partial charge in [-0.1, -0.05) is 25.8 Å². The summed E-state index contributed by atoms with van der Waals surface area (Å²) in [5.74, 6) is 2.74. The van der Waals surface area contributed by atoms with Crippen molar-refractivity contribution in [1.82, 2.24) is 0 Å². The van der Waals surface area contributed by atoms with E-state index in [1.54, 1.807) is 6.08 Å². The van der Waals surface area contributed by atoms with E-state index in [1.807, 2.05) is 0 Å². The van der Waals surface area contributed by atoms with Crippen molar-refractivity contribution < 1.29 is 9.53 Å². The van der Waals surface area contributed by atoms with Crippen molar-refractivity contribution in [1.29, 1.82) is 0 Å². The van der Waals surface area contributed by atoms with Gasteiger partial charge in [-0.25, -0.2) is 0 Å². The highest BCUT2D eigenvalue weighted by atomic mass is 16.5. The molecular weight excluding hydrogens is 248 g/mol. The van der Waals surface area contributed by atoms with Gasteiger partial charge in [-0.2, -0.15) is 0 Å². The van der Waals surface area contributed by atoms with Crippen molar-refractivity contribution in [3.8, 4) is 0 Å². The topological polar surface area (TPSA) is 26.3 Å². The number of esters is 1. The van der Waals surface area contributed by atoms with Crippen molar-refractivity contribution in [2.24, 2.45) is 17.8 Å². The van der Waals surface area contributed by atoms with Crippen LogP contribution in [0.2, 0.25) is 0 Å². The van der Waals surface area contributed by atoms with Crippen LogP contribution >= 0.6 is 0 Å². The van der Waals surface area contributed by atoms with Gasteiger partial charge >= 0.3 is 5.97 Å².